The van der Waals surface area contributed by atoms with Crippen LogP contribution in [0, 0.1) is 12.8 Å². The first kappa shape index (κ1) is 11.3. The van der Waals surface area contributed by atoms with Gasteiger partial charge in [-0.15, -0.1) is 0 Å². The average Bonchev–Trinajstić information content (AvgIpc) is 2.62. The van der Waals surface area contributed by atoms with Gasteiger partial charge in [-0.25, -0.2) is 9.97 Å². The van der Waals surface area contributed by atoms with Crippen molar-refractivity contribution in [3.8, 4) is 0 Å². The Hall–Kier alpha value is -1.49. The number of nitrogens with zero attached hydrogens (tertiary/aromatic N) is 3. The Morgan fingerprint density at radius 3 is 2.95 bits per heavy atom. The number of hydrogen-bond acceptors (Lipinski definition) is 4. The fourth-order valence-corrected chi connectivity index (χ4v) is 3.19. The first-order valence-electron chi connectivity index (χ1n) is 6.94. The Labute approximate surface area is 112 Å². The summed E-state index contributed by atoms with van der Waals surface area (Å²) in [7, 11) is 0. The highest BCUT2D eigenvalue weighted by Crippen LogP contribution is 2.44. The molecule has 1 amide bonds. The van der Waals surface area contributed by atoms with E-state index in [0.717, 1.165) is 29.9 Å². The van der Waals surface area contributed by atoms with E-state index < -0.39 is 0 Å². The summed E-state index contributed by atoms with van der Waals surface area (Å²) in [4.78, 5) is 22.8. The molecule has 0 atom stereocenters. The van der Waals surface area contributed by atoms with Crippen molar-refractivity contribution in [3.05, 3.63) is 23.3 Å². The summed E-state index contributed by atoms with van der Waals surface area (Å²) in [6.45, 7) is 3.77. The first-order valence-corrected chi connectivity index (χ1v) is 6.94. The standard InChI is InChI=1S/C14H17N3O2/c1-9-15-5-11-12(16-9)6-19-14(11)7-17(8-14)13(18)10-3-2-4-10/h5,10H,2-4,6-8H2,1H3. The van der Waals surface area contributed by atoms with Crippen LogP contribution in [0.15, 0.2) is 6.20 Å². The van der Waals surface area contributed by atoms with Crippen molar-refractivity contribution >= 4 is 5.91 Å². The van der Waals surface area contributed by atoms with E-state index in [4.69, 9.17) is 4.74 Å². The molecule has 0 N–H and O–H groups in total. The second kappa shape index (κ2) is 3.76. The molecule has 5 nitrogen and oxygen atoms in total. The zero-order valence-corrected chi connectivity index (χ0v) is 11.1. The maximum Gasteiger partial charge on any atom is 0.225 e. The van der Waals surface area contributed by atoms with Gasteiger partial charge in [0.1, 0.15) is 11.4 Å². The van der Waals surface area contributed by atoms with Gasteiger partial charge in [0.05, 0.1) is 25.4 Å². The summed E-state index contributed by atoms with van der Waals surface area (Å²) in [5.74, 6) is 1.36. The van der Waals surface area contributed by atoms with E-state index in [1.165, 1.54) is 6.42 Å². The number of fused-ring (bicyclic) bond motifs is 2. The topological polar surface area (TPSA) is 55.3 Å². The van der Waals surface area contributed by atoms with Crippen LogP contribution in [0.5, 0.6) is 0 Å². The largest absolute Gasteiger partial charge is 0.360 e. The minimum absolute atomic E-state index is 0.271. The molecule has 0 bridgehead atoms. The summed E-state index contributed by atoms with van der Waals surface area (Å²) in [6.07, 6.45) is 5.18. The molecule has 3 aliphatic rings. The maximum atomic E-state index is 12.2. The minimum atomic E-state index is -0.317. The smallest absolute Gasteiger partial charge is 0.225 e. The summed E-state index contributed by atoms with van der Waals surface area (Å²) in [5.41, 5.74) is 1.75. The predicted octanol–water partition coefficient (Wildman–Crippen LogP) is 1.15. The molecule has 1 aromatic rings. The van der Waals surface area contributed by atoms with Crippen LogP contribution in [0.25, 0.3) is 0 Å². The van der Waals surface area contributed by atoms with Gasteiger partial charge in [-0.1, -0.05) is 6.42 Å². The van der Waals surface area contributed by atoms with Crippen LogP contribution < -0.4 is 0 Å². The number of carbonyl (C=O) groups excluding carboxylic acids is 1. The van der Waals surface area contributed by atoms with Gasteiger partial charge in [0, 0.05) is 17.7 Å². The van der Waals surface area contributed by atoms with E-state index in [1.54, 1.807) is 0 Å². The third-order valence-electron chi connectivity index (χ3n) is 4.62. The molecule has 1 saturated heterocycles. The highest BCUT2D eigenvalue weighted by Gasteiger charge is 2.53. The van der Waals surface area contributed by atoms with Crippen molar-refractivity contribution in [1.29, 1.82) is 0 Å². The van der Waals surface area contributed by atoms with E-state index in [-0.39, 0.29) is 11.5 Å². The molecule has 0 radical (unpaired) electrons. The third-order valence-corrected chi connectivity index (χ3v) is 4.62. The molecule has 0 aromatic carbocycles. The lowest BCUT2D eigenvalue weighted by molar-refractivity contribution is -0.174. The van der Waals surface area contributed by atoms with Gasteiger partial charge in [-0.05, 0) is 19.8 Å². The molecule has 100 valence electrons. The van der Waals surface area contributed by atoms with Crippen molar-refractivity contribution in [1.82, 2.24) is 14.9 Å². The minimum Gasteiger partial charge on any atom is -0.360 e. The van der Waals surface area contributed by atoms with Gasteiger partial charge in [0.25, 0.3) is 0 Å². The molecular weight excluding hydrogens is 242 g/mol. The number of hydrogen-bond donors (Lipinski definition) is 0. The second-order valence-electron chi connectivity index (χ2n) is 5.88. The lowest BCUT2D eigenvalue weighted by Gasteiger charge is -2.49. The lowest BCUT2D eigenvalue weighted by atomic mass is 9.81. The molecule has 1 spiro atoms. The van der Waals surface area contributed by atoms with E-state index in [2.05, 4.69) is 9.97 Å². The monoisotopic (exact) mass is 259 g/mol. The number of carbonyl (C=O) groups is 1. The number of aromatic nitrogens is 2. The summed E-state index contributed by atoms with van der Waals surface area (Å²) in [5, 5.41) is 0. The van der Waals surface area contributed by atoms with Gasteiger partial charge in [0.15, 0.2) is 0 Å². The van der Waals surface area contributed by atoms with Crippen LogP contribution in [0.4, 0.5) is 0 Å². The third kappa shape index (κ3) is 1.54. The van der Waals surface area contributed by atoms with Crippen molar-refractivity contribution < 1.29 is 9.53 Å². The van der Waals surface area contributed by atoms with E-state index in [1.807, 2.05) is 18.0 Å². The van der Waals surface area contributed by atoms with Crippen LogP contribution in [-0.4, -0.2) is 33.9 Å². The van der Waals surface area contributed by atoms with Gasteiger partial charge in [-0.2, -0.15) is 0 Å². The quantitative estimate of drug-likeness (QED) is 0.759. The zero-order chi connectivity index (χ0) is 13.0. The number of ether oxygens (including phenoxy) is 1. The average molecular weight is 259 g/mol. The molecule has 5 heteroatoms. The number of aryl methyl sites for hydroxylation is 1. The highest BCUT2D eigenvalue weighted by molar-refractivity contribution is 5.81. The Bertz CT molecular complexity index is 548. The van der Waals surface area contributed by atoms with Gasteiger partial charge >= 0.3 is 0 Å². The Morgan fingerprint density at radius 2 is 2.26 bits per heavy atom. The van der Waals surface area contributed by atoms with Crippen LogP contribution in [0.2, 0.25) is 0 Å². The Kier molecular flexibility index (Phi) is 2.24. The molecule has 2 fully saturated rings. The maximum absolute atomic E-state index is 12.2. The summed E-state index contributed by atoms with van der Waals surface area (Å²) in [6, 6.07) is 0. The van der Waals surface area contributed by atoms with Gasteiger partial charge in [0.2, 0.25) is 5.91 Å². The van der Waals surface area contributed by atoms with Crippen LogP contribution >= 0.6 is 0 Å². The number of amides is 1. The lowest BCUT2D eigenvalue weighted by Crippen LogP contribution is -2.62. The molecule has 0 unspecified atom stereocenters. The fraction of sp³-hybridized carbons (Fsp3) is 0.643. The molecule has 3 heterocycles. The Balaban J connectivity index is 1.52. The SMILES string of the molecule is Cc1ncc2c(n1)COC21CN(C(=O)C2CCC2)C1. The van der Waals surface area contributed by atoms with Crippen molar-refractivity contribution in [2.45, 2.75) is 38.4 Å². The molecule has 1 aromatic heterocycles. The van der Waals surface area contributed by atoms with Crippen LogP contribution in [0.1, 0.15) is 36.3 Å². The van der Waals surface area contributed by atoms with Crippen molar-refractivity contribution in [2.75, 3.05) is 13.1 Å². The predicted molar refractivity (Wildman–Crippen MR) is 67.2 cm³/mol. The molecule has 4 rings (SSSR count). The normalized spacial score (nSPS) is 23.9. The molecule has 19 heavy (non-hydrogen) atoms. The summed E-state index contributed by atoms with van der Waals surface area (Å²) >= 11 is 0. The van der Waals surface area contributed by atoms with Gasteiger partial charge < -0.3 is 9.64 Å². The molecule has 1 saturated carbocycles. The van der Waals surface area contributed by atoms with Crippen molar-refractivity contribution in [2.24, 2.45) is 5.92 Å². The zero-order valence-electron chi connectivity index (χ0n) is 11.1. The van der Waals surface area contributed by atoms with Crippen LogP contribution in [-0.2, 0) is 21.7 Å². The molecule has 1 aliphatic carbocycles. The van der Waals surface area contributed by atoms with Crippen molar-refractivity contribution in [3.63, 3.8) is 0 Å². The summed E-state index contributed by atoms with van der Waals surface area (Å²) < 4.78 is 5.92. The van der Waals surface area contributed by atoms with E-state index in [9.17, 15) is 4.79 Å². The highest BCUT2D eigenvalue weighted by atomic mass is 16.5. The second-order valence-corrected chi connectivity index (χ2v) is 5.88. The Morgan fingerprint density at radius 1 is 1.47 bits per heavy atom. The van der Waals surface area contributed by atoms with E-state index >= 15 is 0 Å². The number of likely N-dealkylation sites (tertiary alicyclic amines) is 1. The number of rotatable bonds is 1. The van der Waals surface area contributed by atoms with E-state index in [0.29, 0.717) is 25.6 Å². The molecule has 2 aliphatic heterocycles. The van der Waals surface area contributed by atoms with Gasteiger partial charge in [-0.3, -0.25) is 4.79 Å². The fourth-order valence-electron chi connectivity index (χ4n) is 3.19. The molecular formula is C14H17N3O2. The van der Waals surface area contributed by atoms with Crippen LogP contribution in [0.3, 0.4) is 0 Å². The first-order chi connectivity index (χ1) is 9.18.